The number of rotatable bonds is 5. The van der Waals surface area contributed by atoms with Gasteiger partial charge < -0.3 is 11.1 Å². The summed E-state index contributed by atoms with van der Waals surface area (Å²) in [4.78, 5) is 19.5. The molecule has 0 saturated heterocycles. The number of nitrogens with zero attached hydrogens (tertiary/aromatic N) is 2. The number of aromatic nitrogens is 2. The van der Waals surface area contributed by atoms with Crippen molar-refractivity contribution in [1.82, 2.24) is 15.3 Å². The lowest BCUT2D eigenvalue weighted by Crippen LogP contribution is -2.50. The molecule has 5 heteroatoms. The monoisotopic (exact) mass is 209 g/mol. The molecule has 1 amide bonds. The van der Waals surface area contributed by atoms with Crippen molar-refractivity contribution >= 4 is 5.91 Å². The van der Waals surface area contributed by atoms with Gasteiger partial charge in [-0.2, -0.15) is 0 Å². The molecule has 82 valence electrons. The molecule has 1 rings (SSSR count). The number of hydrogen-bond acceptors (Lipinski definition) is 3. The zero-order valence-corrected chi connectivity index (χ0v) is 8.99. The van der Waals surface area contributed by atoms with Crippen molar-refractivity contribution in [2.45, 2.75) is 19.8 Å². The zero-order valence-electron chi connectivity index (χ0n) is 8.99. The van der Waals surface area contributed by atoms with Gasteiger partial charge in [0.1, 0.15) is 5.69 Å². The van der Waals surface area contributed by atoms with Crippen LogP contribution in [0.25, 0.3) is 0 Å². The molecule has 0 aliphatic heterocycles. The molecular weight excluding hydrogens is 192 g/mol. The number of quaternary nitrogens is 1. The molecular formula is C10H17N4O+. The Morgan fingerprint density at radius 3 is 2.80 bits per heavy atom. The van der Waals surface area contributed by atoms with Crippen LogP contribution in [0.2, 0.25) is 0 Å². The lowest BCUT2D eigenvalue weighted by molar-refractivity contribution is -0.368. The second kappa shape index (κ2) is 6.08. The minimum Gasteiger partial charge on any atom is -0.358 e. The van der Waals surface area contributed by atoms with Crippen molar-refractivity contribution in [2.24, 2.45) is 0 Å². The van der Waals surface area contributed by atoms with Gasteiger partial charge in [-0.1, -0.05) is 0 Å². The third kappa shape index (κ3) is 4.03. The van der Waals surface area contributed by atoms with Gasteiger partial charge in [-0.15, -0.1) is 0 Å². The Kier molecular flexibility index (Phi) is 4.70. The third-order valence-corrected chi connectivity index (χ3v) is 1.98. The van der Waals surface area contributed by atoms with E-state index in [1.54, 1.807) is 6.20 Å². The minimum atomic E-state index is -0.161. The van der Waals surface area contributed by atoms with Crippen LogP contribution in [0.1, 0.15) is 29.0 Å². The van der Waals surface area contributed by atoms with Crippen LogP contribution in [0.15, 0.2) is 12.4 Å². The van der Waals surface area contributed by atoms with Crippen LogP contribution >= 0.6 is 0 Å². The number of unbranched alkanes of at least 4 members (excludes halogenated alkanes) is 1. The van der Waals surface area contributed by atoms with Crippen LogP contribution in [0.5, 0.6) is 0 Å². The van der Waals surface area contributed by atoms with Crippen LogP contribution in [-0.4, -0.2) is 29.0 Å². The molecule has 0 spiro atoms. The molecule has 0 unspecified atom stereocenters. The molecule has 0 bridgehead atoms. The van der Waals surface area contributed by atoms with E-state index in [4.69, 9.17) is 0 Å². The molecule has 0 saturated carbocycles. The number of aryl methyl sites for hydroxylation is 1. The molecule has 1 aromatic rings. The van der Waals surface area contributed by atoms with Gasteiger partial charge in [0, 0.05) is 12.7 Å². The first kappa shape index (κ1) is 11.6. The van der Waals surface area contributed by atoms with Gasteiger partial charge in [0.15, 0.2) is 0 Å². The first-order chi connectivity index (χ1) is 7.24. The van der Waals surface area contributed by atoms with E-state index in [0.717, 1.165) is 25.1 Å². The highest BCUT2D eigenvalue weighted by Crippen LogP contribution is 1.94. The molecule has 4 N–H and O–H groups in total. The van der Waals surface area contributed by atoms with Gasteiger partial charge in [-0.25, -0.2) is 4.98 Å². The predicted molar refractivity (Wildman–Crippen MR) is 56.1 cm³/mol. The molecule has 0 atom stereocenters. The van der Waals surface area contributed by atoms with Crippen molar-refractivity contribution < 1.29 is 10.5 Å². The van der Waals surface area contributed by atoms with Crippen molar-refractivity contribution in [2.75, 3.05) is 13.1 Å². The maximum absolute atomic E-state index is 11.5. The maximum atomic E-state index is 11.5. The standard InChI is InChI=1S/C10H16N4O/c1-8-6-14-9(7-13-8)10(15)12-5-3-2-4-11/h6-7H,2-5,11H2,1H3,(H,12,15)/p+1. The van der Waals surface area contributed by atoms with Gasteiger partial charge in [0.25, 0.3) is 5.91 Å². The second-order valence-corrected chi connectivity index (χ2v) is 3.36. The fraction of sp³-hybridized carbons (Fsp3) is 0.500. The number of carbonyl (C=O) groups is 1. The first-order valence-corrected chi connectivity index (χ1v) is 5.10. The van der Waals surface area contributed by atoms with Gasteiger partial charge in [0.05, 0.1) is 18.4 Å². The number of carbonyl (C=O) groups excluding carboxylic acids is 1. The van der Waals surface area contributed by atoms with Gasteiger partial charge >= 0.3 is 0 Å². The minimum absolute atomic E-state index is 0.161. The van der Waals surface area contributed by atoms with Crippen LogP contribution in [0.3, 0.4) is 0 Å². The van der Waals surface area contributed by atoms with E-state index < -0.39 is 0 Å². The Morgan fingerprint density at radius 2 is 2.20 bits per heavy atom. The summed E-state index contributed by atoms with van der Waals surface area (Å²) in [6.07, 6.45) is 5.06. The molecule has 0 aromatic carbocycles. The molecule has 5 nitrogen and oxygen atoms in total. The summed E-state index contributed by atoms with van der Waals surface area (Å²) in [5, 5.41) is 2.78. The highest BCUT2D eigenvalue weighted by molar-refractivity contribution is 5.91. The Hall–Kier alpha value is -1.49. The summed E-state index contributed by atoms with van der Waals surface area (Å²) in [5.74, 6) is -0.161. The van der Waals surface area contributed by atoms with E-state index in [2.05, 4.69) is 21.0 Å². The van der Waals surface area contributed by atoms with Gasteiger partial charge in [-0.05, 0) is 19.8 Å². The third-order valence-electron chi connectivity index (χ3n) is 1.98. The molecule has 0 radical (unpaired) electrons. The zero-order chi connectivity index (χ0) is 11.1. The highest BCUT2D eigenvalue weighted by Gasteiger charge is 2.05. The fourth-order valence-corrected chi connectivity index (χ4v) is 1.10. The summed E-state index contributed by atoms with van der Waals surface area (Å²) >= 11 is 0. The van der Waals surface area contributed by atoms with E-state index in [1.807, 2.05) is 6.92 Å². The van der Waals surface area contributed by atoms with Crippen molar-refractivity contribution in [3.8, 4) is 0 Å². The molecule has 0 fully saturated rings. The van der Waals surface area contributed by atoms with Crippen LogP contribution in [0.4, 0.5) is 0 Å². The summed E-state index contributed by atoms with van der Waals surface area (Å²) < 4.78 is 0. The van der Waals surface area contributed by atoms with E-state index in [0.29, 0.717) is 12.2 Å². The normalized spacial score (nSPS) is 10.0. The van der Waals surface area contributed by atoms with E-state index >= 15 is 0 Å². The number of amides is 1. The first-order valence-electron chi connectivity index (χ1n) is 5.10. The number of nitrogens with one attached hydrogen (secondary N) is 1. The van der Waals surface area contributed by atoms with E-state index in [9.17, 15) is 4.79 Å². The summed E-state index contributed by atoms with van der Waals surface area (Å²) in [5.41, 5.74) is 4.91. The van der Waals surface area contributed by atoms with Crippen molar-refractivity contribution in [3.63, 3.8) is 0 Å². The molecule has 1 heterocycles. The van der Waals surface area contributed by atoms with E-state index in [-0.39, 0.29) is 5.91 Å². The fourth-order valence-electron chi connectivity index (χ4n) is 1.10. The quantitative estimate of drug-likeness (QED) is 0.643. The largest absolute Gasteiger partial charge is 0.358 e. The van der Waals surface area contributed by atoms with Crippen molar-refractivity contribution in [1.29, 1.82) is 0 Å². The van der Waals surface area contributed by atoms with Crippen molar-refractivity contribution in [3.05, 3.63) is 23.8 Å². The predicted octanol–water partition coefficient (Wildman–Crippen LogP) is -0.463. The second-order valence-electron chi connectivity index (χ2n) is 3.36. The topological polar surface area (TPSA) is 82.5 Å². The Balaban J connectivity index is 2.37. The number of hydrogen-bond donors (Lipinski definition) is 2. The lowest BCUT2D eigenvalue weighted by atomic mass is 10.3. The highest BCUT2D eigenvalue weighted by atomic mass is 16.1. The van der Waals surface area contributed by atoms with Crippen LogP contribution in [-0.2, 0) is 0 Å². The summed E-state index contributed by atoms with van der Waals surface area (Å²) in [6, 6.07) is 0. The smallest absolute Gasteiger partial charge is 0.271 e. The lowest BCUT2D eigenvalue weighted by Gasteiger charge is -2.03. The van der Waals surface area contributed by atoms with Crippen LogP contribution in [0, 0.1) is 6.92 Å². The van der Waals surface area contributed by atoms with Crippen LogP contribution < -0.4 is 11.1 Å². The Labute approximate surface area is 89.1 Å². The molecule has 15 heavy (non-hydrogen) atoms. The average molecular weight is 209 g/mol. The van der Waals surface area contributed by atoms with E-state index in [1.165, 1.54) is 6.20 Å². The average Bonchev–Trinajstić information content (AvgIpc) is 2.25. The molecule has 0 aliphatic rings. The Bertz CT molecular complexity index is 310. The SMILES string of the molecule is Cc1cnc(C(=O)NCCCC[NH3+])cn1. The van der Waals surface area contributed by atoms with Gasteiger partial charge in [-0.3, -0.25) is 9.78 Å². The molecule has 1 aromatic heterocycles. The molecule has 0 aliphatic carbocycles. The van der Waals surface area contributed by atoms with Gasteiger partial charge in [0.2, 0.25) is 0 Å². The Morgan fingerprint density at radius 1 is 1.40 bits per heavy atom. The maximum Gasteiger partial charge on any atom is 0.271 e. The summed E-state index contributed by atoms with van der Waals surface area (Å²) in [6.45, 7) is 3.41. The summed E-state index contributed by atoms with van der Waals surface area (Å²) in [7, 11) is 0.